The number of nitrogens with one attached hydrogen (secondary N) is 1. The van der Waals surface area contributed by atoms with Gasteiger partial charge in [0.2, 0.25) is 0 Å². The van der Waals surface area contributed by atoms with Crippen LogP contribution in [-0.4, -0.2) is 38.7 Å². The van der Waals surface area contributed by atoms with Crippen LogP contribution in [0.1, 0.15) is 32.0 Å². The molecule has 1 rings (SSSR count). The summed E-state index contributed by atoms with van der Waals surface area (Å²) in [6.07, 6.45) is 2.40. The van der Waals surface area contributed by atoms with Crippen molar-refractivity contribution in [3.63, 3.8) is 0 Å². The summed E-state index contributed by atoms with van der Waals surface area (Å²) in [5.74, 6) is 0. The van der Waals surface area contributed by atoms with Gasteiger partial charge in [-0.05, 0) is 19.4 Å². The van der Waals surface area contributed by atoms with Crippen molar-refractivity contribution in [2.45, 2.75) is 31.8 Å². The molecule has 0 fully saturated rings. The van der Waals surface area contributed by atoms with Crippen LogP contribution in [0, 0.1) is 0 Å². The van der Waals surface area contributed by atoms with Crippen LogP contribution in [0.3, 0.4) is 0 Å². The average Bonchev–Trinajstić information content (AvgIpc) is 2.72. The van der Waals surface area contributed by atoms with Gasteiger partial charge in [-0.15, -0.1) is 0 Å². The lowest BCUT2D eigenvalue weighted by molar-refractivity contribution is 0.0784. The third-order valence-electron chi connectivity index (χ3n) is 3.11. The van der Waals surface area contributed by atoms with E-state index in [0.717, 1.165) is 5.69 Å². The van der Waals surface area contributed by atoms with Crippen molar-refractivity contribution in [3.05, 3.63) is 18.0 Å². The van der Waals surface area contributed by atoms with Crippen molar-refractivity contribution in [1.82, 2.24) is 15.1 Å². The molecule has 0 amide bonds. The maximum Gasteiger partial charge on any atom is 0.0650 e. The van der Waals surface area contributed by atoms with E-state index in [9.17, 15) is 10.2 Å². The van der Waals surface area contributed by atoms with E-state index in [2.05, 4.69) is 10.4 Å². The Hall–Kier alpha value is -0.910. The molecule has 16 heavy (non-hydrogen) atoms. The Kier molecular flexibility index (Phi) is 4.46. The largest absolute Gasteiger partial charge is 0.394 e. The van der Waals surface area contributed by atoms with Gasteiger partial charge >= 0.3 is 0 Å². The van der Waals surface area contributed by atoms with Crippen molar-refractivity contribution in [3.8, 4) is 0 Å². The number of nitrogens with zero attached hydrogens (tertiary/aromatic N) is 2. The quantitative estimate of drug-likeness (QED) is 0.649. The summed E-state index contributed by atoms with van der Waals surface area (Å²) >= 11 is 0. The Morgan fingerprint density at radius 3 is 2.50 bits per heavy atom. The third-order valence-corrected chi connectivity index (χ3v) is 3.11. The number of aryl methyl sites for hydroxylation is 1. The number of rotatable bonds is 6. The Bertz CT molecular complexity index is 313. The van der Waals surface area contributed by atoms with Gasteiger partial charge in [-0.1, -0.05) is 6.92 Å². The minimum Gasteiger partial charge on any atom is -0.394 e. The highest BCUT2D eigenvalue weighted by molar-refractivity contribution is 5.07. The zero-order valence-corrected chi connectivity index (χ0v) is 10.1. The second-order valence-electron chi connectivity index (χ2n) is 4.20. The maximum absolute atomic E-state index is 9.35. The summed E-state index contributed by atoms with van der Waals surface area (Å²) < 4.78 is 1.78. The first-order chi connectivity index (χ1) is 7.58. The monoisotopic (exact) mass is 227 g/mol. The number of aliphatic hydroxyl groups excluding tert-OH is 2. The zero-order chi connectivity index (χ0) is 12.2. The Morgan fingerprint density at radius 1 is 1.50 bits per heavy atom. The molecule has 1 unspecified atom stereocenters. The fourth-order valence-electron chi connectivity index (χ4n) is 1.81. The maximum atomic E-state index is 9.35. The molecule has 1 aromatic rings. The summed E-state index contributed by atoms with van der Waals surface area (Å²) in [5.41, 5.74) is 0.406. The highest BCUT2D eigenvalue weighted by Gasteiger charge is 2.29. The van der Waals surface area contributed by atoms with Crippen molar-refractivity contribution in [2.75, 3.05) is 13.2 Å². The van der Waals surface area contributed by atoms with E-state index in [-0.39, 0.29) is 19.3 Å². The van der Waals surface area contributed by atoms with Crippen molar-refractivity contribution < 1.29 is 10.2 Å². The molecule has 1 heterocycles. The van der Waals surface area contributed by atoms with Crippen LogP contribution in [0.4, 0.5) is 0 Å². The molecule has 0 radical (unpaired) electrons. The van der Waals surface area contributed by atoms with Crippen molar-refractivity contribution in [1.29, 1.82) is 0 Å². The topological polar surface area (TPSA) is 70.3 Å². The molecular weight excluding hydrogens is 206 g/mol. The lowest BCUT2D eigenvalue weighted by Crippen LogP contribution is -2.52. The van der Waals surface area contributed by atoms with Gasteiger partial charge in [-0.2, -0.15) is 5.10 Å². The van der Waals surface area contributed by atoms with Crippen LogP contribution in [0.5, 0.6) is 0 Å². The predicted molar refractivity (Wildman–Crippen MR) is 62.0 cm³/mol. The third kappa shape index (κ3) is 2.61. The van der Waals surface area contributed by atoms with E-state index in [1.807, 2.05) is 27.0 Å². The highest BCUT2D eigenvalue weighted by Crippen LogP contribution is 2.17. The molecule has 3 N–H and O–H groups in total. The number of hydrogen-bond acceptors (Lipinski definition) is 4. The molecule has 0 aliphatic rings. The van der Waals surface area contributed by atoms with Crippen LogP contribution in [-0.2, 0) is 7.05 Å². The van der Waals surface area contributed by atoms with Gasteiger partial charge in [-0.3, -0.25) is 10.00 Å². The number of aliphatic hydroxyl groups is 2. The molecule has 0 spiro atoms. The van der Waals surface area contributed by atoms with Crippen molar-refractivity contribution >= 4 is 0 Å². The molecule has 1 aromatic heterocycles. The molecule has 1 atom stereocenters. The van der Waals surface area contributed by atoms with Crippen LogP contribution < -0.4 is 5.32 Å². The van der Waals surface area contributed by atoms with Gasteiger partial charge in [0.05, 0.1) is 24.4 Å². The van der Waals surface area contributed by atoms with Gasteiger partial charge in [-0.25, -0.2) is 0 Å². The second kappa shape index (κ2) is 5.43. The summed E-state index contributed by atoms with van der Waals surface area (Å²) in [5, 5.41) is 26.1. The number of hydrogen-bond donors (Lipinski definition) is 3. The normalized spacial score (nSPS) is 14.1. The SMILES string of the molecule is CCC(CO)(CO)NC(C)c1ccnn1C. The van der Waals surface area contributed by atoms with E-state index < -0.39 is 5.54 Å². The first-order valence-corrected chi connectivity index (χ1v) is 5.56. The standard InChI is InChI=1S/C11H21N3O2/c1-4-11(7-15,8-16)13-9(2)10-5-6-12-14(10)3/h5-6,9,13,15-16H,4,7-8H2,1-3H3. The first-order valence-electron chi connectivity index (χ1n) is 5.56. The Balaban J connectivity index is 2.76. The molecule has 0 bridgehead atoms. The van der Waals surface area contributed by atoms with Crippen LogP contribution in [0.25, 0.3) is 0 Å². The van der Waals surface area contributed by atoms with Gasteiger partial charge in [0.25, 0.3) is 0 Å². The van der Waals surface area contributed by atoms with Gasteiger partial charge in [0, 0.05) is 19.3 Å². The average molecular weight is 227 g/mol. The molecule has 0 aliphatic carbocycles. The lowest BCUT2D eigenvalue weighted by Gasteiger charge is -2.33. The van der Waals surface area contributed by atoms with E-state index in [4.69, 9.17) is 0 Å². The predicted octanol–water partition coefficient (Wildman–Crippen LogP) is 0.204. The minimum atomic E-state index is -0.621. The van der Waals surface area contributed by atoms with E-state index >= 15 is 0 Å². The molecule has 0 saturated heterocycles. The summed E-state index contributed by atoms with van der Waals surface area (Å²) in [7, 11) is 1.87. The summed E-state index contributed by atoms with van der Waals surface area (Å²) in [6.45, 7) is 3.77. The van der Waals surface area contributed by atoms with Gasteiger partial charge in [0.15, 0.2) is 0 Å². The van der Waals surface area contributed by atoms with Gasteiger partial charge in [0.1, 0.15) is 0 Å². The fraction of sp³-hybridized carbons (Fsp3) is 0.727. The van der Waals surface area contributed by atoms with Crippen LogP contribution in [0.15, 0.2) is 12.3 Å². The molecule has 0 aliphatic heterocycles. The summed E-state index contributed by atoms with van der Waals surface area (Å²) in [6, 6.07) is 1.96. The molecular formula is C11H21N3O2. The minimum absolute atomic E-state index is 0.0340. The van der Waals surface area contributed by atoms with Gasteiger partial charge < -0.3 is 10.2 Å². The van der Waals surface area contributed by atoms with Crippen molar-refractivity contribution in [2.24, 2.45) is 7.05 Å². The zero-order valence-electron chi connectivity index (χ0n) is 10.1. The summed E-state index contributed by atoms with van der Waals surface area (Å²) in [4.78, 5) is 0. The van der Waals surface area contributed by atoms with Crippen LogP contribution >= 0.6 is 0 Å². The second-order valence-corrected chi connectivity index (χ2v) is 4.20. The smallest absolute Gasteiger partial charge is 0.0650 e. The molecule has 0 aromatic carbocycles. The number of aromatic nitrogens is 2. The molecule has 92 valence electrons. The molecule has 5 nitrogen and oxygen atoms in total. The van der Waals surface area contributed by atoms with Crippen LogP contribution in [0.2, 0.25) is 0 Å². The van der Waals surface area contributed by atoms with E-state index in [1.165, 1.54) is 0 Å². The highest BCUT2D eigenvalue weighted by atomic mass is 16.3. The molecule has 0 saturated carbocycles. The first kappa shape index (κ1) is 13.2. The lowest BCUT2D eigenvalue weighted by atomic mass is 9.96. The van der Waals surface area contributed by atoms with E-state index in [0.29, 0.717) is 6.42 Å². The van der Waals surface area contributed by atoms with E-state index in [1.54, 1.807) is 10.9 Å². The molecule has 5 heteroatoms. The Labute approximate surface area is 96.1 Å². The Morgan fingerprint density at radius 2 is 2.12 bits per heavy atom. The fourth-order valence-corrected chi connectivity index (χ4v) is 1.81.